The Morgan fingerprint density at radius 1 is 0.583 bits per heavy atom. The summed E-state index contributed by atoms with van der Waals surface area (Å²) in [4.78, 5) is 0. The third-order valence-corrected chi connectivity index (χ3v) is 8.01. The van der Waals surface area contributed by atoms with Crippen molar-refractivity contribution < 1.29 is 0 Å². The Bertz CT molecular complexity index is 482. The summed E-state index contributed by atoms with van der Waals surface area (Å²) in [7, 11) is 0. The van der Waals surface area contributed by atoms with E-state index < -0.39 is 0 Å². The van der Waals surface area contributed by atoms with Gasteiger partial charge >= 0.3 is 0 Å². The van der Waals surface area contributed by atoms with E-state index in [4.69, 9.17) is 0 Å². The van der Waals surface area contributed by atoms with Gasteiger partial charge in [-0.1, -0.05) is 68.9 Å². The van der Waals surface area contributed by atoms with E-state index in [2.05, 4.69) is 30.3 Å². The van der Waals surface area contributed by atoms with Crippen LogP contribution in [0.1, 0.15) is 101 Å². The minimum Gasteiger partial charge on any atom is -0.0622 e. The van der Waals surface area contributed by atoms with Crippen molar-refractivity contribution in [1.29, 1.82) is 0 Å². The van der Waals surface area contributed by atoms with Gasteiger partial charge in [-0.3, -0.25) is 0 Å². The second-order valence-electron chi connectivity index (χ2n) is 9.09. The molecule has 0 aliphatic heterocycles. The highest BCUT2D eigenvalue weighted by Crippen LogP contribution is 2.57. The third-order valence-electron chi connectivity index (χ3n) is 8.01. The number of hydrogen-bond acceptors (Lipinski definition) is 0. The third kappa shape index (κ3) is 3.31. The summed E-state index contributed by atoms with van der Waals surface area (Å²) in [5.74, 6) is 2.96. The SMILES string of the molecule is c1ccc(C2CCC(C3(C4CCCCC4)CCCCC3)CC2)cc1. The van der Waals surface area contributed by atoms with Crippen molar-refractivity contribution in [3.05, 3.63) is 35.9 Å². The summed E-state index contributed by atoms with van der Waals surface area (Å²) in [6.07, 6.45) is 21.3. The molecular formula is C24H36. The van der Waals surface area contributed by atoms with Crippen LogP contribution in [0.2, 0.25) is 0 Å². The zero-order valence-electron chi connectivity index (χ0n) is 15.5. The van der Waals surface area contributed by atoms with Gasteiger partial charge in [-0.2, -0.15) is 0 Å². The largest absolute Gasteiger partial charge is 0.0622 e. The first-order valence-corrected chi connectivity index (χ1v) is 10.9. The van der Waals surface area contributed by atoms with Gasteiger partial charge in [-0.25, -0.2) is 0 Å². The van der Waals surface area contributed by atoms with Crippen molar-refractivity contribution in [2.45, 2.75) is 95.8 Å². The van der Waals surface area contributed by atoms with Crippen LogP contribution in [0.15, 0.2) is 30.3 Å². The molecule has 3 saturated carbocycles. The fourth-order valence-electron chi connectivity index (χ4n) is 6.76. The van der Waals surface area contributed by atoms with Gasteiger partial charge in [-0.05, 0) is 80.1 Å². The molecule has 0 heterocycles. The van der Waals surface area contributed by atoms with E-state index in [-0.39, 0.29) is 0 Å². The lowest BCUT2D eigenvalue weighted by Gasteiger charge is -2.52. The van der Waals surface area contributed by atoms with E-state index in [1.165, 1.54) is 64.2 Å². The fourth-order valence-corrected chi connectivity index (χ4v) is 6.76. The molecule has 132 valence electrons. The molecule has 1 aromatic rings. The molecule has 0 N–H and O–H groups in total. The standard InChI is InChI=1S/C24H36/c1-4-10-20(11-5-1)21-14-16-23(17-15-21)24(18-8-3-9-19-24)22-12-6-2-7-13-22/h1,4-5,10-11,21-23H,2-3,6-9,12-19H2. The van der Waals surface area contributed by atoms with E-state index in [1.54, 1.807) is 31.2 Å². The molecule has 0 heteroatoms. The molecule has 0 unspecified atom stereocenters. The van der Waals surface area contributed by atoms with Crippen LogP contribution in [-0.4, -0.2) is 0 Å². The van der Waals surface area contributed by atoms with Gasteiger partial charge in [0.2, 0.25) is 0 Å². The molecule has 0 atom stereocenters. The Kier molecular flexibility index (Phi) is 5.30. The van der Waals surface area contributed by atoms with Crippen molar-refractivity contribution in [2.24, 2.45) is 17.3 Å². The maximum atomic E-state index is 2.36. The van der Waals surface area contributed by atoms with Gasteiger partial charge in [0.25, 0.3) is 0 Å². The van der Waals surface area contributed by atoms with Gasteiger partial charge in [-0.15, -0.1) is 0 Å². The zero-order chi connectivity index (χ0) is 16.2. The van der Waals surface area contributed by atoms with E-state index in [1.807, 2.05) is 0 Å². The highest BCUT2D eigenvalue weighted by atomic mass is 14.5. The predicted molar refractivity (Wildman–Crippen MR) is 103 cm³/mol. The monoisotopic (exact) mass is 324 g/mol. The van der Waals surface area contributed by atoms with Crippen LogP contribution in [0.25, 0.3) is 0 Å². The second kappa shape index (κ2) is 7.63. The van der Waals surface area contributed by atoms with Gasteiger partial charge in [0, 0.05) is 0 Å². The molecule has 0 aromatic heterocycles. The number of benzene rings is 1. The van der Waals surface area contributed by atoms with Crippen LogP contribution >= 0.6 is 0 Å². The Morgan fingerprint density at radius 3 is 1.83 bits per heavy atom. The van der Waals surface area contributed by atoms with Crippen molar-refractivity contribution in [3.8, 4) is 0 Å². The first-order valence-electron chi connectivity index (χ1n) is 10.9. The fraction of sp³-hybridized carbons (Fsp3) is 0.750. The minimum atomic E-state index is 0.750. The molecule has 0 spiro atoms. The van der Waals surface area contributed by atoms with Gasteiger partial charge in [0.05, 0.1) is 0 Å². The molecule has 3 fully saturated rings. The topological polar surface area (TPSA) is 0 Å². The van der Waals surface area contributed by atoms with Crippen molar-refractivity contribution in [2.75, 3.05) is 0 Å². The van der Waals surface area contributed by atoms with E-state index in [0.29, 0.717) is 0 Å². The maximum absolute atomic E-state index is 2.36. The number of rotatable bonds is 3. The first kappa shape index (κ1) is 16.7. The van der Waals surface area contributed by atoms with Crippen LogP contribution in [0.4, 0.5) is 0 Å². The highest BCUT2D eigenvalue weighted by Gasteiger charge is 2.46. The Labute approximate surface area is 149 Å². The first-order chi connectivity index (χ1) is 11.9. The molecular weight excluding hydrogens is 288 g/mol. The normalized spacial score (nSPS) is 31.7. The summed E-state index contributed by atoms with van der Waals surface area (Å²) >= 11 is 0. The van der Waals surface area contributed by atoms with Crippen LogP contribution in [0.3, 0.4) is 0 Å². The van der Waals surface area contributed by atoms with E-state index >= 15 is 0 Å². The van der Waals surface area contributed by atoms with Gasteiger partial charge < -0.3 is 0 Å². The Morgan fingerprint density at radius 2 is 1.17 bits per heavy atom. The van der Waals surface area contributed by atoms with Crippen LogP contribution < -0.4 is 0 Å². The molecule has 3 aliphatic rings. The van der Waals surface area contributed by atoms with Gasteiger partial charge in [0.15, 0.2) is 0 Å². The summed E-state index contributed by atoms with van der Waals surface area (Å²) in [5, 5.41) is 0. The summed E-state index contributed by atoms with van der Waals surface area (Å²) in [5.41, 5.74) is 2.35. The lowest BCUT2D eigenvalue weighted by atomic mass is 9.53. The zero-order valence-corrected chi connectivity index (χ0v) is 15.5. The molecule has 0 saturated heterocycles. The van der Waals surface area contributed by atoms with Crippen LogP contribution in [-0.2, 0) is 0 Å². The van der Waals surface area contributed by atoms with Crippen LogP contribution in [0, 0.1) is 17.3 Å². The van der Waals surface area contributed by atoms with E-state index in [9.17, 15) is 0 Å². The second-order valence-corrected chi connectivity index (χ2v) is 9.09. The molecule has 4 rings (SSSR count). The smallest absolute Gasteiger partial charge is 0.0162 e. The van der Waals surface area contributed by atoms with Crippen molar-refractivity contribution in [1.82, 2.24) is 0 Å². The van der Waals surface area contributed by atoms with E-state index in [0.717, 1.165) is 23.2 Å². The quantitative estimate of drug-likeness (QED) is 0.540. The predicted octanol–water partition coefficient (Wildman–Crippen LogP) is 7.49. The van der Waals surface area contributed by atoms with Crippen molar-refractivity contribution >= 4 is 0 Å². The summed E-state index contributed by atoms with van der Waals surface area (Å²) in [6.45, 7) is 0. The molecule has 1 aromatic carbocycles. The van der Waals surface area contributed by atoms with Gasteiger partial charge in [0.1, 0.15) is 0 Å². The average molecular weight is 325 g/mol. The lowest BCUT2D eigenvalue weighted by molar-refractivity contribution is -0.0148. The molecule has 3 aliphatic carbocycles. The molecule has 0 bridgehead atoms. The molecule has 0 amide bonds. The number of hydrogen-bond donors (Lipinski definition) is 0. The Balaban J connectivity index is 1.46. The molecule has 0 radical (unpaired) electrons. The van der Waals surface area contributed by atoms with Crippen LogP contribution in [0.5, 0.6) is 0 Å². The summed E-state index contributed by atoms with van der Waals surface area (Å²) in [6, 6.07) is 11.3. The average Bonchev–Trinajstić information content (AvgIpc) is 2.70. The van der Waals surface area contributed by atoms with Crippen molar-refractivity contribution in [3.63, 3.8) is 0 Å². The highest BCUT2D eigenvalue weighted by molar-refractivity contribution is 5.20. The maximum Gasteiger partial charge on any atom is -0.0162 e. The molecule has 24 heavy (non-hydrogen) atoms. The summed E-state index contributed by atoms with van der Waals surface area (Å²) < 4.78 is 0. The Hall–Kier alpha value is -0.780. The molecule has 0 nitrogen and oxygen atoms in total. The minimum absolute atomic E-state index is 0.750. The lowest BCUT2D eigenvalue weighted by Crippen LogP contribution is -2.42.